The molecule has 2 nitrogen and oxygen atoms in total. The molecule has 0 saturated carbocycles. The molecule has 106 valence electrons. The van der Waals surface area contributed by atoms with Crippen LogP contribution in [-0.4, -0.2) is 30.7 Å². The summed E-state index contributed by atoms with van der Waals surface area (Å²) < 4.78 is 0. The lowest BCUT2D eigenvalue weighted by atomic mass is 10.1. The molecule has 0 bridgehead atoms. The summed E-state index contributed by atoms with van der Waals surface area (Å²) in [7, 11) is 4.23. The highest BCUT2D eigenvalue weighted by Crippen LogP contribution is 2.08. The lowest BCUT2D eigenvalue weighted by molar-refractivity contribution is 0.0153. The van der Waals surface area contributed by atoms with Crippen LogP contribution in [0.2, 0.25) is 0 Å². The van der Waals surface area contributed by atoms with E-state index in [9.17, 15) is 0 Å². The smallest absolute Gasteiger partial charge is 0.0383 e. The summed E-state index contributed by atoms with van der Waals surface area (Å²) in [4.78, 5) is 0. The molecule has 0 aliphatic rings. The lowest BCUT2D eigenvalue weighted by Crippen LogP contribution is -2.37. The first-order valence-electron chi connectivity index (χ1n) is 7.26. The van der Waals surface area contributed by atoms with Gasteiger partial charge in [0, 0.05) is 27.2 Å². The molecule has 2 aromatic carbocycles. The number of hydrogen-bond acceptors (Lipinski definition) is 2. The zero-order chi connectivity index (χ0) is 14.2. The van der Waals surface area contributed by atoms with Crippen LogP contribution in [0, 0.1) is 0 Å². The maximum absolute atomic E-state index is 2.39. The second-order valence-electron chi connectivity index (χ2n) is 5.31. The van der Waals surface area contributed by atoms with E-state index in [1.54, 1.807) is 0 Å². The minimum Gasteiger partial charge on any atom is -0.248 e. The molecule has 20 heavy (non-hydrogen) atoms. The molecule has 0 radical (unpaired) electrons. The third-order valence-corrected chi connectivity index (χ3v) is 3.50. The topological polar surface area (TPSA) is 6.48 Å². The first kappa shape index (κ1) is 14.8. The molecule has 0 heterocycles. The molecule has 0 spiro atoms. The summed E-state index contributed by atoms with van der Waals surface area (Å²) in [5.41, 5.74) is 2.78. The van der Waals surface area contributed by atoms with Crippen LogP contribution in [0.15, 0.2) is 60.7 Å². The predicted octanol–water partition coefficient (Wildman–Crippen LogP) is 3.60. The fraction of sp³-hybridized carbons (Fsp3) is 0.333. The van der Waals surface area contributed by atoms with Gasteiger partial charge in [-0.1, -0.05) is 60.7 Å². The van der Waals surface area contributed by atoms with Crippen molar-refractivity contribution in [3.05, 3.63) is 71.8 Å². The van der Waals surface area contributed by atoms with Crippen molar-refractivity contribution in [2.24, 2.45) is 0 Å². The summed E-state index contributed by atoms with van der Waals surface area (Å²) in [6.45, 7) is 2.05. The Bertz CT molecular complexity index is 479. The maximum Gasteiger partial charge on any atom is 0.0383 e. The van der Waals surface area contributed by atoms with E-state index < -0.39 is 0 Å². The van der Waals surface area contributed by atoms with Crippen LogP contribution in [0.3, 0.4) is 0 Å². The van der Waals surface area contributed by atoms with Crippen molar-refractivity contribution >= 4 is 0 Å². The Morgan fingerprint density at radius 2 is 1.30 bits per heavy atom. The molecule has 0 unspecified atom stereocenters. The monoisotopic (exact) mass is 268 g/mol. The van der Waals surface area contributed by atoms with Crippen molar-refractivity contribution in [2.75, 3.05) is 20.6 Å². The number of hydrogen-bond donors (Lipinski definition) is 0. The van der Waals surface area contributed by atoms with Crippen LogP contribution in [0.25, 0.3) is 0 Å². The van der Waals surface area contributed by atoms with Crippen LogP contribution >= 0.6 is 0 Å². The van der Waals surface area contributed by atoms with E-state index in [0.29, 0.717) is 0 Å². The molecule has 0 fully saturated rings. The van der Waals surface area contributed by atoms with Crippen molar-refractivity contribution in [3.8, 4) is 0 Å². The molecule has 0 saturated heterocycles. The first-order chi connectivity index (χ1) is 9.75. The molecule has 0 amide bonds. The highest BCUT2D eigenvalue weighted by Gasteiger charge is 2.07. The third-order valence-electron chi connectivity index (χ3n) is 3.50. The summed E-state index contributed by atoms with van der Waals surface area (Å²) in [6.07, 6.45) is 2.31. The molecule has 0 aromatic heterocycles. The first-order valence-corrected chi connectivity index (χ1v) is 7.26. The van der Waals surface area contributed by atoms with Crippen LogP contribution in [0.4, 0.5) is 0 Å². The number of aryl methyl sites for hydroxylation is 1. The van der Waals surface area contributed by atoms with Gasteiger partial charge in [-0.15, -0.1) is 0 Å². The Morgan fingerprint density at radius 1 is 0.750 bits per heavy atom. The molecule has 0 aliphatic carbocycles. The largest absolute Gasteiger partial charge is 0.248 e. The summed E-state index contributed by atoms with van der Waals surface area (Å²) in [5, 5.41) is 4.58. The van der Waals surface area contributed by atoms with Crippen molar-refractivity contribution < 1.29 is 0 Å². The molecular weight excluding hydrogens is 244 g/mol. The minimum atomic E-state index is 0.975. The Hall–Kier alpha value is -1.64. The Balaban J connectivity index is 1.84. The fourth-order valence-corrected chi connectivity index (χ4v) is 2.33. The molecule has 2 aromatic rings. The fourth-order valence-electron chi connectivity index (χ4n) is 2.33. The van der Waals surface area contributed by atoms with E-state index in [1.165, 1.54) is 17.5 Å². The zero-order valence-corrected chi connectivity index (χ0v) is 12.5. The van der Waals surface area contributed by atoms with E-state index in [0.717, 1.165) is 19.5 Å². The van der Waals surface area contributed by atoms with Crippen LogP contribution in [0.5, 0.6) is 0 Å². The Kier molecular flexibility index (Phi) is 5.78. The number of rotatable bonds is 7. The molecule has 0 N–H and O–H groups in total. The van der Waals surface area contributed by atoms with Crippen LogP contribution in [-0.2, 0) is 13.0 Å². The number of nitrogens with zero attached hydrogens (tertiary/aromatic N) is 2. The Morgan fingerprint density at radius 3 is 1.85 bits per heavy atom. The van der Waals surface area contributed by atoms with Gasteiger partial charge in [-0.3, -0.25) is 0 Å². The molecule has 0 aliphatic heterocycles. The highest BCUT2D eigenvalue weighted by atomic mass is 15.6. The Labute approximate surface area is 122 Å². The molecule has 0 atom stereocenters. The van der Waals surface area contributed by atoms with Crippen LogP contribution in [0.1, 0.15) is 17.5 Å². The summed E-state index contributed by atoms with van der Waals surface area (Å²) in [6, 6.07) is 21.4. The van der Waals surface area contributed by atoms with Crippen molar-refractivity contribution in [1.29, 1.82) is 0 Å². The average molecular weight is 268 g/mol. The SMILES string of the molecule is CN(C)N(CCCc1ccccc1)Cc1ccccc1. The van der Waals surface area contributed by atoms with Gasteiger partial charge in [-0.25, -0.2) is 10.0 Å². The maximum atomic E-state index is 2.39. The molecule has 2 rings (SSSR count). The van der Waals surface area contributed by atoms with Gasteiger partial charge in [0.15, 0.2) is 0 Å². The highest BCUT2D eigenvalue weighted by molar-refractivity contribution is 5.15. The van der Waals surface area contributed by atoms with Crippen molar-refractivity contribution in [1.82, 2.24) is 10.0 Å². The predicted molar refractivity (Wildman–Crippen MR) is 85.3 cm³/mol. The van der Waals surface area contributed by atoms with Gasteiger partial charge in [0.2, 0.25) is 0 Å². The normalized spacial score (nSPS) is 11.2. The van der Waals surface area contributed by atoms with Gasteiger partial charge in [-0.2, -0.15) is 0 Å². The quantitative estimate of drug-likeness (QED) is 0.708. The summed E-state index contributed by atoms with van der Waals surface area (Å²) in [5.74, 6) is 0. The van der Waals surface area contributed by atoms with Gasteiger partial charge in [0.1, 0.15) is 0 Å². The van der Waals surface area contributed by atoms with Gasteiger partial charge < -0.3 is 0 Å². The average Bonchev–Trinajstić information content (AvgIpc) is 2.48. The summed E-state index contributed by atoms with van der Waals surface area (Å²) >= 11 is 0. The second kappa shape index (κ2) is 7.83. The van der Waals surface area contributed by atoms with E-state index in [4.69, 9.17) is 0 Å². The van der Waals surface area contributed by atoms with E-state index >= 15 is 0 Å². The van der Waals surface area contributed by atoms with E-state index in [-0.39, 0.29) is 0 Å². The van der Waals surface area contributed by atoms with E-state index in [2.05, 4.69) is 84.8 Å². The standard InChI is InChI=1S/C18H24N2/c1-19(2)20(16-18-12-7-4-8-13-18)15-9-14-17-10-5-3-6-11-17/h3-8,10-13H,9,14-16H2,1-2H3. The second-order valence-corrected chi connectivity index (χ2v) is 5.31. The number of benzene rings is 2. The van der Waals surface area contributed by atoms with Gasteiger partial charge in [0.25, 0.3) is 0 Å². The zero-order valence-electron chi connectivity index (χ0n) is 12.5. The van der Waals surface area contributed by atoms with Crippen molar-refractivity contribution in [3.63, 3.8) is 0 Å². The van der Waals surface area contributed by atoms with Crippen molar-refractivity contribution in [2.45, 2.75) is 19.4 Å². The molecule has 2 heteroatoms. The van der Waals surface area contributed by atoms with Gasteiger partial charge >= 0.3 is 0 Å². The minimum absolute atomic E-state index is 0.975. The van der Waals surface area contributed by atoms with E-state index in [1.807, 2.05) is 0 Å². The third kappa shape index (κ3) is 4.80. The lowest BCUT2D eigenvalue weighted by Gasteiger charge is -2.29. The van der Waals surface area contributed by atoms with Gasteiger partial charge in [0.05, 0.1) is 0 Å². The molecular formula is C18H24N2. The van der Waals surface area contributed by atoms with Crippen LogP contribution < -0.4 is 0 Å². The number of hydrazine groups is 1. The van der Waals surface area contributed by atoms with Gasteiger partial charge in [-0.05, 0) is 24.0 Å².